The number of rotatable bonds is 3. The van der Waals surface area contributed by atoms with Crippen molar-refractivity contribution in [2.45, 2.75) is 44.2 Å². The van der Waals surface area contributed by atoms with E-state index in [0.29, 0.717) is 12.5 Å². The maximum absolute atomic E-state index is 13.5. The van der Waals surface area contributed by atoms with Crippen molar-refractivity contribution in [1.82, 2.24) is 4.31 Å². The average Bonchev–Trinajstić information content (AvgIpc) is 2.41. The third-order valence-corrected chi connectivity index (χ3v) is 5.88. The normalized spacial score (nSPS) is 24.8. The van der Waals surface area contributed by atoms with Gasteiger partial charge in [-0.2, -0.15) is 4.31 Å². The number of nitrogens with zero attached hydrogens (tertiary/aromatic N) is 1. The Morgan fingerprint density at radius 3 is 2.70 bits per heavy atom. The predicted octanol–water partition coefficient (Wildman–Crippen LogP) is 2.09. The molecule has 1 aromatic carbocycles. The number of sulfonamides is 1. The van der Waals surface area contributed by atoms with Crippen LogP contribution in [0.4, 0.5) is 4.39 Å². The summed E-state index contributed by atoms with van der Waals surface area (Å²) in [5, 5.41) is 0. The summed E-state index contributed by atoms with van der Waals surface area (Å²) in [7, 11) is -3.58. The fraction of sp³-hybridized carbons (Fsp3) is 0.571. The standard InChI is InChI=1S/C14H21FN2O2S/c1-10-3-4-11(2)17(9-10)20(18,19)13-5-6-14(15)12(7-13)8-16/h5-7,10-11H,3-4,8-9,16H2,1-2H3. The van der Waals surface area contributed by atoms with Crippen LogP contribution in [0.15, 0.2) is 23.1 Å². The van der Waals surface area contributed by atoms with Crippen LogP contribution in [0.3, 0.4) is 0 Å². The van der Waals surface area contributed by atoms with Gasteiger partial charge in [0.15, 0.2) is 0 Å². The van der Waals surface area contributed by atoms with E-state index in [4.69, 9.17) is 5.73 Å². The highest BCUT2D eigenvalue weighted by molar-refractivity contribution is 7.89. The monoisotopic (exact) mass is 300 g/mol. The summed E-state index contributed by atoms with van der Waals surface area (Å²) in [6.45, 7) is 4.46. The minimum absolute atomic E-state index is 0.0127. The maximum atomic E-state index is 13.5. The first-order chi connectivity index (χ1) is 9.36. The quantitative estimate of drug-likeness (QED) is 0.929. The van der Waals surface area contributed by atoms with Gasteiger partial charge in [0.05, 0.1) is 4.90 Å². The Kier molecular flexibility index (Phi) is 4.46. The topological polar surface area (TPSA) is 63.4 Å². The third-order valence-electron chi connectivity index (χ3n) is 3.90. The number of hydrogen-bond acceptors (Lipinski definition) is 3. The second kappa shape index (κ2) is 5.79. The van der Waals surface area contributed by atoms with Crippen molar-refractivity contribution in [3.8, 4) is 0 Å². The van der Waals surface area contributed by atoms with Crippen molar-refractivity contribution >= 4 is 10.0 Å². The van der Waals surface area contributed by atoms with E-state index >= 15 is 0 Å². The largest absolute Gasteiger partial charge is 0.326 e. The number of nitrogens with two attached hydrogens (primary N) is 1. The Balaban J connectivity index is 2.39. The van der Waals surface area contributed by atoms with Crippen LogP contribution >= 0.6 is 0 Å². The SMILES string of the molecule is CC1CCC(C)N(S(=O)(=O)c2ccc(F)c(CN)c2)C1. The van der Waals surface area contributed by atoms with E-state index in [1.165, 1.54) is 22.5 Å². The lowest BCUT2D eigenvalue weighted by molar-refractivity contribution is 0.218. The second-order valence-electron chi connectivity index (χ2n) is 5.56. The molecule has 0 radical (unpaired) electrons. The van der Waals surface area contributed by atoms with Gasteiger partial charge in [0.2, 0.25) is 10.0 Å². The van der Waals surface area contributed by atoms with Crippen LogP contribution in [-0.2, 0) is 16.6 Å². The molecule has 1 aliphatic rings. The minimum atomic E-state index is -3.58. The zero-order valence-electron chi connectivity index (χ0n) is 11.8. The van der Waals surface area contributed by atoms with E-state index in [2.05, 4.69) is 0 Å². The van der Waals surface area contributed by atoms with Crippen molar-refractivity contribution in [2.75, 3.05) is 6.54 Å². The molecule has 112 valence electrons. The summed E-state index contributed by atoms with van der Waals surface area (Å²) in [5.41, 5.74) is 5.67. The molecule has 1 saturated heterocycles. The summed E-state index contributed by atoms with van der Waals surface area (Å²) >= 11 is 0. The highest BCUT2D eigenvalue weighted by Gasteiger charge is 2.33. The molecule has 20 heavy (non-hydrogen) atoms. The Morgan fingerprint density at radius 2 is 2.05 bits per heavy atom. The van der Waals surface area contributed by atoms with Crippen LogP contribution in [0.25, 0.3) is 0 Å². The molecule has 2 rings (SSSR count). The lowest BCUT2D eigenvalue weighted by Crippen LogP contribution is -2.44. The summed E-state index contributed by atoms with van der Waals surface area (Å²) < 4.78 is 40.3. The zero-order valence-corrected chi connectivity index (χ0v) is 12.7. The molecule has 0 aliphatic carbocycles. The molecule has 2 unspecified atom stereocenters. The van der Waals surface area contributed by atoms with Gasteiger partial charge in [0.25, 0.3) is 0 Å². The van der Waals surface area contributed by atoms with Crippen molar-refractivity contribution in [3.05, 3.63) is 29.6 Å². The molecule has 1 heterocycles. The summed E-state index contributed by atoms with van der Waals surface area (Å²) in [6, 6.07) is 3.81. The molecule has 1 aliphatic heterocycles. The zero-order chi connectivity index (χ0) is 14.9. The van der Waals surface area contributed by atoms with Gasteiger partial charge in [-0.05, 0) is 43.9 Å². The third kappa shape index (κ3) is 2.87. The van der Waals surface area contributed by atoms with Crippen molar-refractivity contribution in [2.24, 2.45) is 11.7 Å². The summed E-state index contributed by atoms with van der Waals surface area (Å²) in [6.07, 6.45) is 1.88. The highest BCUT2D eigenvalue weighted by Crippen LogP contribution is 2.28. The van der Waals surface area contributed by atoms with Gasteiger partial charge in [0.1, 0.15) is 5.82 Å². The van der Waals surface area contributed by atoms with Crippen molar-refractivity contribution in [1.29, 1.82) is 0 Å². The molecule has 2 N–H and O–H groups in total. The fourth-order valence-corrected chi connectivity index (χ4v) is 4.42. The molecule has 0 saturated carbocycles. The number of halogens is 1. The summed E-state index contributed by atoms with van der Waals surface area (Å²) in [4.78, 5) is 0.125. The Labute approximate surface area is 119 Å². The van der Waals surface area contributed by atoms with Crippen LogP contribution in [0.1, 0.15) is 32.3 Å². The number of piperidine rings is 1. The highest BCUT2D eigenvalue weighted by atomic mass is 32.2. The molecule has 0 amide bonds. The molecule has 2 atom stereocenters. The maximum Gasteiger partial charge on any atom is 0.243 e. The fourth-order valence-electron chi connectivity index (χ4n) is 2.59. The molecule has 6 heteroatoms. The second-order valence-corrected chi connectivity index (χ2v) is 7.45. The Hall–Kier alpha value is -0.980. The molecular formula is C14H21FN2O2S. The summed E-state index contributed by atoms with van der Waals surface area (Å²) in [5.74, 6) is -0.123. The van der Waals surface area contributed by atoms with E-state index < -0.39 is 15.8 Å². The molecular weight excluding hydrogens is 279 g/mol. The van der Waals surface area contributed by atoms with Crippen molar-refractivity contribution < 1.29 is 12.8 Å². The van der Waals surface area contributed by atoms with Crippen LogP contribution in [0.5, 0.6) is 0 Å². The smallest absolute Gasteiger partial charge is 0.243 e. The Bertz CT molecular complexity index is 589. The van der Waals surface area contributed by atoms with Gasteiger partial charge in [-0.25, -0.2) is 12.8 Å². The molecule has 1 aromatic rings. The molecule has 1 fully saturated rings. The first kappa shape index (κ1) is 15.4. The van der Waals surface area contributed by atoms with Crippen molar-refractivity contribution in [3.63, 3.8) is 0 Å². The van der Waals surface area contributed by atoms with Gasteiger partial charge in [-0.15, -0.1) is 0 Å². The van der Waals surface area contributed by atoms with Gasteiger partial charge >= 0.3 is 0 Å². The first-order valence-corrected chi connectivity index (χ1v) is 8.30. The van der Waals surface area contributed by atoms with Gasteiger partial charge in [0, 0.05) is 24.7 Å². The van der Waals surface area contributed by atoms with E-state index in [1.807, 2.05) is 13.8 Å². The molecule has 0 aromatic heterocycles. The van der Waals surface area contributed by atoms with Crippen LogP contribution in [0.2, 0.25) is 0 Å². The molecule has 4 nitrogen and oxygen atoms in total. The number of hydrogen-bond donors (Lipinski definition) is 1. The van der Waals surface area contributed by atoms with E-state index in [0.717, 1.165) is 12.8 Å². The first-order valence-electron chi connectivity index (χ1n) is 6.86. The minimum Gasteiger partial charge on any atom is -0.326 e. The number of benzene rings is 1. The lowest BCUT2D eigenvalue weighted by Gasteiger charge is -2.35. The van der Waals surface area contributed by atoms with E-state index in [1.54, 1.807) is 0 Å². The lowest BCUT2D eigenvalue weighted by atomic mass is 9.97. The predicted molar refractivity (Wildman–Crippen MR) is 76.0 cm³/mol. The van der Waals surface area contributed by atoms with Gasteiger partial charge < -0.3 is 5.73 Å². The van der Waals surface area contributed by atoms with Crippen LogP contribution in [0, 0.1) is 11.7 Å². The molecule has 0 spiro atoms. The van der Waals surface area contributed by atoms with Crippen LogP contribution in [-0.4, -0.2) is 25.3 Å². The van der Waals surface area contributed by atoms with Gasteiger partial charge in [-0.3, -0.25) is 0 Å². The Morgan fingerprint density at radius 1 is 1.35 bits per heavy atom. The van der Waals surface area contributed by atoms with Gasteiger partial charge in [-0.1, -0.05) is 6.92 Å². The van der Waals surface area contributed by atoms with E-state index in [9.17, 15) is 12.8 Å². The average molecular weight is 300 g/mol. The molecule has 0 bridgehead atoms. The van der Waals surface area contributed by atoms with E-state index in [-0.39, 0.29) is 23.0 Å². The van der Waals surface area contributed by atoms with Crippen LogP contribution < -0.4 is 5.73 Å².